The number of rotatable bonds is 3. The minimum Gasteiger partial charge on any atom is -0.290 e. The average molecular weight is 352 g/mol. The fraction of sp³-hybridized carbons (Fsp3) is 0.909. The van der Waals surface area contributed by atoms with Crippen LogP contribution in [0.2, 0.25) is 0 Å². The van der Waals surface area contributed by atoms with Gasteiger partial charge in [-0.3, -0.25) is 9.35 Å². The molecule has 0 fully saturated rings. The van der Waals surface area contributed by atoms with Crippen molar-refractivity contribution in [1.82, 2.24) is 4.31 Å². The fourth-order valence-corrected chi connectivity index (χ4v) is 1.58. The molecule has 0 rings (SSSR count). The Kier molecular flexibility index (Phi) is 21.8. The summed E-state index contributed by atoms with van der Waals surface area (Å²) < 4.78 is 19.9. The van der Waals surface area contributed by atoms with E-state index in [1.165, 1.54) is 18.8 Å². The van der Waals surface area contributed by atoms with Crippen molar-refractivity contribution in [3.8, 4) is 0 Å². The first-order valence-corrected chi connectivity index (χ1v) is 10.4. The number of thioether (sulfide) groups is 1. The van der Waals surface area contributed by atoms with E-state index in [1.54, 1.807) is 26.4 Å². The topological polar surface area (TPSA) is 57.6 Å². The van der Waals surface area contributed by atoms with Crippen molar-refractivity contribution in [2.24, 2.45) is 0 Å². The summed E-state index contributed by atoms with van der Waals surface area (Å²) in [6, 6.07) is 0. The smallest absolute Gasteiger partial charge is 0.251 e. The van der Waals surface area contributed by atoms with E-state index in [0.29, 0.717) is 4.31 Å². The molecule has 0 aromatic carbocycles. The maximum Gasteiger partial charge on any atom is 0.251 e. The molecule has 1 atom stereocenters. The van der Waals surface area contributed by atoms with E-state index in [9.17, 15) is 9.00 Å². The Morgan fingerprint density at radius 3 is 1.68 bits per heavy atom. The predicted molar refractivity (Wildman–Crippen MR) is 96.1 cm³/mol. The van der Waals surface area contributed by atoms with Gasteiger partial charge in [-0.05, 0) is 26.4 Å². The predicted octanol–water partition coefficient (Wildman–Crippen LogP) is 3.32. The van der Waals surface area contributed by atoms with Gasteiger partial charge in [-0.15, -0.1) is 11.8 Å². The second-order valence-corrected chi connectivity index (χ2v) is 7.14. The third-order valence-electron chi connectivity index (χ3n) is 1.66. The Labute approximate surface area is 134 Å². The van der Waals surface area contributed by atoms with Crippen molar-refractivity contribution in [3.05, 3.63) is 0 Å². The first-order valence-electron chi connectivity index (χ1n) is 5.88. The summed E-state index contributed by atoms with van der Waals surface area (Å²) in [7, 11) is -2.36. The van der Waals surface area contributed by atoms with Crippen LogP contribution in [0.15, 0.2) is 0 Å². The van der Waals surface area contributed by atoms with Crippen LogP contribution in [0, 0.1) is 0 Å². The first kappa shape index (κ1) is 27.8. The highest BCUT2D eigenvalue weighted by atomic mass is 32.8. The van der Waals surface area contributed by atoms with Crippen molar-refractivity contribution in [3.63, 3.8) is 0 Å². The van der Waals surface area contributed by atoms with Gasteiger partial charge in [0.05, 0.1) is 4.75 Å². The molecule has 0 aliphatic carbocycles. The number of hydrogen-bond acceptors (Lipinski definition) is 5. The molecule has 0 aliphatic heterocycles. The van der Waals surface area contributed by atoms with E-state index in [-0.39, 0.29) is 0 Å². The molecule has 1 unspecified atom stereocenters. The standard InChI is InChI=1S/C6H13NO3S3.2C2H6.CH4S/c1-6(2,12-4)5(8)7(3)13(9,10)11;3*1-2/h1-4H3,(H,9,10,11);2*1-2H3;2H,1H3. The molecule has 0 radical (unpaired) electrons. The van der Waals surface area contributed by atoms with Crippen LogP contribution in [-0.4, -0.2) is 43.3 Å². The summed E-state index contributed by atoms with van der Waals surface area (Å²) in [5.41, 5.74) is 0. The molecule has 0 saturated heterocycles. The summed E-state index contributed by atoms with van der Waals surface area (Å²) in [4.78, 5) is 11.5. The maximum absolute atomic E-state index is 11.5. The molecule has 0 aromatic heterocycles. The Bertz CT molecular complexity index is 303. The van der Waals surface area contributed by atoms with Gasteiger partial charge in [0.25, 0.3) is 5.91 Å². The lowest BCUT2D eigenvalue weighted by Gasteiger charge is -2.26. The van der Waals surface area contributed by atoms with Crippen molar-refractivity contribution in [2.75, 3.05) is 19.6 Å². The van der Waals surface area contributed by atoms with Crippen molar-refractivity contribution < 1.29 is 13.6 Å². The number of carbonyl (C=O) groups excluding carboxylic acids is 1. The molecular weight excluding hydrogens is 322 g/mol. The van der Waals surface area contributed by atoms with Gasteiger partial charge >= 0.3 is 0 Å². The molecule has 1 amide bonds. The van der Waals surface area contributed by atoms with Gasteiger partial charge in [0.2, 0.25) is 8.96 Å². The lowest BCUT2D eigenvalue weighted by atomic mass is 10.2. The van der Waals surface area contributed by atoms with Crippen LogP contribution >= 0.6 is 24.4 Å². The van der Waals surface area contributed by atoms with Gasteiger partial charge in [-0.1, -0.05) is 27.7 Å². The molecule has 4 nitrogen and oxygen atoms in total. The zero-order valence-corrected chi connectivity index (χ0v) is 16.7. The number of thiol groups is 1. The van der Waals surface area contributed by atoms with E-state index in [2.05, 4.69) is 23.8 Å². The van der Waals surface area contributed by atoms with Crippen molar-refractivity contribution in [2.45, 2.75) is 46.3 Å². The first-order chi connectivity index (χ1) is 8.63. The van der Waals surface area contributed by atoms with Crippen LogP contribution in [0.3, 0.4) is 0 Å². The second kappa shape index (κ2) is 14.9. The number of carbonyl (C=O) groups is 1. The molecule has 0 heterocycles. The highest BCUT2D eigenvalue weighted by Crippen LogP contribution is 2.24. The van der Waals surface area contributed by atoms with E-state index in [4.69, 9.17) is 4.55 Å². The molecule has 0 spiro atoms. The lowest BCUT2D eigenvalue weighted by molar-refractivity contribution is -0.127. The third-order valence-corrected chi connectivity index (χ3v) is 4.38. The molecular formula is C11H29NO3S4. The van der Waals surface area contributed by atoms with E-state index in [1.807, 2.05) is 27.7 Å². The summed E-state index contributed by atoms with van der Waals surface area (Å²) in [6.45, 7) is 11.4. The zero-order chi connectivity index (χ0) is 16.9. The van der Waals surface area contributed by atoms with Gasteiger partial charge in [0.15, 0.2) is 0 Å². The van der Waals surface area contributed by atoms with Crippen LogP contribution in [-0.2, 0) is 24.9 Å². The monoisotopic (exact) mass is 351 g/mol. The van der Waals surface area contributed by atoms with E-state index < -0.39 is 19.6 Å². The molecule has 0 bridgehead atoms. The highest BCUT2D eigenvalue weighted by molar-refractivity contribution is 8.28. The van der Waals surface area contributed by atoms with Crippen LogP contribution in [0.5, 0.6) is 0 Å². The van der Waals surface area contributed by atoms with Crippen LogP contribution in [0.4, 0.5) is 0 Å². The third kappa shape index (κ3) is 13.2. The molecule has 19 heavy (non-hydrogen) atoms. The summed E-state index contributed by atoms with van der Waals surface area (Å²) in [5.74, 6) is -0.442. The van der Waals surface area contributed by atoms with Gasteiger partial charge < -0.3 is 0 Å². The molecule has 120 valence electrons. The number of nitrogens with zero attached hydrogens (tertiary/aromatic N) is 1. The minimum absolute atomic E-state index is 0.442. The van der Waals surface area contributed by atoms with Crippen LogP contribution in [0.1, 0.15) is 41.5 Å². The Morgan fingerprint density at radius 1 is 1.26 bits per heavy atom. The van der Waals surface area contributed by atoms with Crippen LogP contribution < -0.4 is 0 Å². The molecule has 0 aliphatic rings. The van der Waals surface area contributed by atoms with Crippen molar-refractivity contribution >= 4 is 50.4 Å². The number of hydrogen-bond donors (Lipinski definition) is 2. The quantitative estimate of drug-likeness (QED) is 0.764. The Hall–Kier alpha value is 0.500. The number of amides is 1. The molecule has 8 heteroatoms. The highest BCUT2D eigenvalue weighted by Gasteiger charge is 2.32. The molecule has 1 N–H and O–H groups in total. The average Bonchev–Trinajstić information content (AvgIpc) is 2.42. The summed E-state index contributed by atoms with van der Waals surface area (Å²) >= 11 is 9.11. The summed E-state index contributed by atoms with van der Waals surface area (Å²) in [6.07, 6.45) is 3.45. The van der Waals surface area contributed by atoms with Gasteiger partial charge in [-0.25, -0.2) is 8.51 Å². The maximum atomic E-state index is 11.5. The van der Waals surface area contributed by atoms with Gasteiger partial charge in [-0.2, -0.15) is 12.6 Å². The second-order valence-electron chi connectivity index (χ2n) is 2.96. The Morgan fingerprint density at radius 2 is 1.53 bits per heavy atom. The SMILES string of the molecule is CC.CC.CS.CSC(C)(C)C(=O)N(C)S(=O)(O)=S. The minimum atomic E-state index is -3.59. The normalized spacial score (nSPS) is 12.2. The largest absolute Gasteiger partial charge is 0.290 e. The van der Waals surface area contributed by atoms with Crippen molar-refractivity contribution in [1.29, 1.82) is 0 Å². The van der Waals surface area contributed by atoms with Gasteiger partial charge in [0.1, 0.15) is 0 Å². The molecule has 0 saturated carbocycles. The lowest BCUT2D eigenvalue weighted by Crippen LogP contribution is -2.43. The van der Waals surface area contributed by atoms with E-state index >= 15 is 0 Å². The van der Waals surface area contributed by atoms with Crippen LogP contribution in [0.25, 0.3) is 0 Å². The summed E-state index contributed by atoms with van der Waals surface area (Å²) in [5, 5.41) is 0. The Balaban J connectivity index is -0.000000163. The van der Waals surface area contributed by atoms with E-state index in [0.717, 1.165) is 0 Å². The van der Waals surface area contributed by atoms with Gasteiger partial charge in [0, 0.05) is 18.2 Å². The zero-order valence-electron chi connectivity index (χ0n) is 13.4. The fourth-order valence-electron chi connectivity index (χ4n) is 0.571. The molecule has 0 aromatic rings.